The SMILES string of the molecule is C1CCCCC1.CCCC(=O)[O-]. The van der Waals surface area contributed by atoms with Crippen LogP contribution in [0.25, 0.3) is 0 Å². The molecule has 1 saturated carbocycles. The van der Waals surface area contributed by atoms with Gasteiger partial charge in [0, 0.05) is 5.97 Å². The van der Waals surface area contributed by atoms with Gasteiger partial charge in [0.25, 0.3) is 0 Å². The zero-order valence-corrected chi connectivity index (χ0v) is 7.97. The number of carbonyl (C=O) groups is 1. The van der Waals surface area contributed by atoms with E-state index >= 15 is 0 Å². The second kappa shape index (κ2) is 8.57. The molecule has 2 heteroatoms. The molecule has 0 saturated heterocycles. The van der Waals surface area contributed by atoms with Crippen molar-refractivity contribution in [3.8, 4) is 0 Å². The third kappa shape index (κ3) is 9.47. The van der Waals surface area contributed by atoms with E-state index in [1.165, 1.54) is 38.5 Å². The van der Waals surface area contributed by atoms with Crippen LogP contribution in [0.4, 0.5) is 0 Å². The van der Waals surface area contributed by atoms with E-state index in [0.29, 0.717) is 6.42 Å². The van der Waals surface area contributed by atoms with Crippen molar-refractivity contribution in [3.05, 3.63) is 0 Å². The maximum absolute atomic E-state index is 9.49. The fourth-order valence-electron chi connectivity index (χ4n) is 1.26. The molecule has 0 spiro atoms. The van der Waals surface area contributed by atoms with Gasteiger partial charge in [0.15, 0.2) is 0 Å². The van der Waals surface area contributed by atoms with E-state index in [1.54, 1.807) is 6.92 Å². The van der Waals surface area contributed by atoms with E-state index in [1.807, 2.05) is 0 Å². The molecule has 0 N–H and O–H groups in total. The van der Waals surface area contributed by atoms with E-state index in [4.69, 9.17) is 0 Å². The van der Waals surface area contributed by atoms with Crippen LogP contribution in [-0.2, 0) is 4.79 Å². The zero-order chi connectivity index (χ0) is 9.23. The van der Waals surface area contributed by atoms with Gasteiger partial charge in [0.1, 0.15) is 0 Å². The average Bonchev–Trinajstić information content (AvgIpc) is 2.08. The summed E-state index contributed by atoms with van der Waals surface area (Å²) in [7, 11) is 0. The Morgan fingerprint density at radius 2 is 1.42 bits per heavy atom. The van der Waals surface area contributed by atoms with Crippen LogP contribution in [0.5, 0.6) is 0 Å². The van der Waals surface area contributed by atoms with Gasteiger partial charge >= 0.3 is 0 Å². The van der Waals surface area contributed by atoms with E-state index in [0.717, 1.165) is 0 Å². The second-order valence-corrected chi connectivity index (χ2v) is 3.24. The number of hydrogen-bond acceptors (Lipinski definition) is 2. The summed E-state index contributed by atoms with van der Waals surface area (Å²) in [6.45, 7) is 1.80. The molecule has 2 nitrogen and oxygen atoms in total. The molecule has 0 aromatic heterocycles. The van der Waals surface area contributed by atoms with Crippen LogP contribution in [0.3, 0.4) is 0 Å². The van der Waals surface area contributed by atoms with Crippen LogP contribution in [0.1, 0.15) is 58.3 Å². The van der Waals surface area contributed by atoms with E-state index in [2.05, 4.69) is 0 Å². The molecule has 1 aliphatic carbocycles. The van der Waals surface area contributed by atoms with Crippen LogP contribution in [0.2, 0.25) is 0 Å². The molecule has 0 aromatic rings. The minimum absolute atomic E-state index is 0.181. The van der Waals surface area contributed by atoms with Crippen molar-refractivity contribution < 1.29 is 9.90 Å². The molecule has 0 aliphatic heterocycles. The van der Waals surface area contributed by atoms with E-state index in [-0.39, 0.29) is 6.42 Å². The van der Waals surface area contributed by atoms with Crippen molar-refractivity contribution >= 4 is 5.97 Å². The van der Waals surface area contributed by atoms with Gasteiger partial charge in [-0.1, -0.05) is 51.9 Å². The zero-order valence-electron chi connectivity index (χ0n) is 7.97. The normalized spacial score (nSPS) is 16.1. The van der Waals surface area contributed by atoms with Crippen molar-refractivity contribution in [3.63, 3.8) is 0 Å². The Kier molecular flexibility index (Phi) is 8.19. The molecular formula is C10H19O2-. The summed E-state index contributed by atoms with van der Waals surface area (Å²) in [5.41, 5.74) is 0. The molecule has 0 radical (unpaired) electrons. The first-order chi connectivity index (χ1) is 5.77. The quantitative estimate of drug-likeness (QED) is 0.636. The molecule has 0 heterocycles. The molecule has 0 amide bonds. The largest absolute Gasteiger partial charge is 0.550 e. The van der Waals surface area contributed by atoms with Crippen LogP contribution < -0.4 is 5.11 Å². The van der Waals surface area contributed by atoms with Crippen LogP contribution in [-0.4, -0.2) is 5.97 Å². The molecule has 72 valence electrons. The molecule has 1 rings (SSSR count). The fourth-order valence-corrected chi connectivity index (χ4v) is 1.26. The first kappa shape index (κ1) is 11.5. The maximum Gasteiger partial charge on any atom is 0.0414 e. The smallest absolute Gasteiger partial charge is 0.0414 e. The maximum atomic E-state index is 9.49. The lowest BCUT2D eigenvalue weighted by Gasteiger charge is -2.05. The lowest BCUT2D eigenvalue weighted by Crippen LogP contribution is -2.20. The molecular weight excluding hydrogens is 152 g/mol. The van der Waals surface area contributed by atoms with Gasteiger partial charge in [-0.2, -0.15) is 0 Å². The lowest BCUT2D eigenvalue weighted by molar-refractivity contribution is -0.305. The highest BCUT2D eigenvalue weighted by Crippen LogP contribution is 2.15. The first-order valence-electron chi connectivity index (χ1n) is 4.97. The molecule has 12 heavy (non-hydrogen) atoms. The summed E-state index contributed by atoms with van der Waals surface area (Å²) >= 11 is 0. The highest BCUT2D eigenvalue weighted by atomic mass is 16.4. The van der Waals surface area contributed by atoms with Gasteiger partial charge in [-0.25, -0.2) is 0 Å². The van der Waals surface area contributed by atoms with E-state index in [9.17, 15) is 9.90 Å². The number of hydrogen-bond donors (Lipinski definition) is 0. The van der Waals surface area contributed by atoms with Crippen molar-refractivity contribution in [2.24, 2.45) is 0 Å². The van der Waals surface area contributed by atoms with Crippen molar-refractivity contribution in [1.29, 1.82) is 0 Å². The van der Waals surface area contributed by atoms with Gasteiger partial charge < -0.3 is 9.90 Å². The Morgan fingerprint density at radius 1 is 1.08 bits per heavy atom. The van der Waals surface area contributed by atoms with Crippen LogP contribution in [0, 0.1) is 0 Å². The highest BCUT2D eigenvalue weighted by Gasteiger charge is 1.95. The summed E-state index contributed by atoms with van der Waals surface area (Å²) in [5, 5.41) is 9.49. The van der Waals surface area contributed by atoms with Crippen LogP contribution in [0.15, 0.2) is 0 Å². The van der Waals surface area contributed by atoms with Gasteiger partial charge in [-0.15, -0.1) is 0 Å². The summed E-state index contributed by atoms with van der Waals surface area (Å²) < 4.78 is 0. The predicted octanol–water partition coefficient (Wildman–Crippen LogP) is 1.88. The van der Waals surface area contributed by atoms with Gasteiger partial charge in [-0.3, -0.25) is 0 Å². The molecule has 1 aliphatic rings. The fraction of sp³-hybridized carbons (Fsp3) is 0.900. The number of aliphatic carboxylic acids is 1. The van der Waals surface area contributed by atoms with Gasteiger partial charge in [-0.05, 0) is 6.42 Å². The summed E-state index contributed by atoms with van der Waals surface area (Å²) in [6.07, 6.45) is 9.85. The Labute approximate surface area is 75.0 Å². The molecule has 0 aromatic carbocycles. The number of rotatable bonds is 2. The standard InChI is InChI=1S/C6H12.C4H8O2/c1-2-4-6-5-3-1;1-2-3-4(5)6/h1-6H2;2-3H2,1H3,(H,5,6)/p-1. The Morgan fingerprint density at radius 3 is 1.50 bits per heavy atom. The molecule has 1 fully saturated rings. The van der Waals surface area contributed by atoms with E-state index < -0.39 is 5.97 Å². The Hall–Kier alpha value is -0.530. The Bertz CT molecular complexity index is 94.9. The van der Waals surface area contributed by atoms with Gasteiger partial charge in [0.05, 0.1) is 0 Å². The number of carboxylic acids is 1. The summed E-state index contributed by atoms with van der Waals surface area (Å²) in [6, 6.07) is 0. The summed E-state index contributed by atoms with van der Waals surface area (Å²) in [4.78, 5) is 9.49. The first-order valence-corrected chi connectivity index (χ1v) is 4.97. The third-order valence-corrected chi connectivity index (χ3v) is 1.95. The topological polar surface area (TPSA) is 40.1 Å². The van der Waals surface area contributed by atoms with Crippen molar-refractivity contribution in [2.75, 3.05) is 0 Å². The predicted molar refractivity (Wildman–Crippen MR) is 47.6 cm³/mol. The monoisotopic (exact) mass is 171 g/mol. The molecule has 0 unspecified atom stereocenters. The highest BCUT2D eigenvalue weighted by molar-refractivity contribution is 5.63. The summed E-state index contributed by atoms with van der Waals surface area (Å²) in [5.74, 6) is -0.961. The second-order valence-electron chi connectivity index (χ2n) is 3.24. The van der Waals surface area contributed by atoms with Crippen molar-refractivity contribution in [2.45, 2.75) is 58.3 Å². The Balaban J connectivity index is 0.000000202. The average molecular weight is 171 g/mol. The van der Waals surface area contributed by atoms with Crippen LogP contribution >= 0.6 is 0 Å². The minimum Gasteiger partial charge on any atom is -0.550 e. The molecule has 0 atom stereocenters. The molecule has 0 bridgehead atoms. The number of carboxylic acid groups (broad SMARTS) is 1. The lowest BCUT2D eigenvalue weighted by atomic mass is 10.0. The van der Waals surface area contributed by atoms with Gasteiger partial charge in [0.2, 0.25) is 0 Å². The third-order valence-electron chi connectivity index (χ3n) is 1.95. The number of carbonyl (C=O) groups excluding carboxylic acids is 1. The minimum atomic E-state index is -0.961. The van der Waals surface area contributed by atoms with Crippen molar-refractivity contribution in [1.82, 2.24) is 0 Å².